The highest BCUT2D eigenvalue weighted by Gasteiger charge is 2.37. The Hall–Kier alpha value is -0.120. The average Bonchev–Trinajstić information content (AvgIpc) is 2.59. The number of thiazole rings is 1. The van der Waals surface area contributed by atoms with E-state index in [0.717, 1.165) is 24.6 Å². The number of likely N-dealkylation sites (tertiary alicyclic amines) is 1. The number of alkyl halides is 1. The molecule has 0 amide bonds. The molecule has 1 atom stereocenters. The van der Waals surface area contributed by atoms with Gasteiger partial charge in [0.25, 0.3) is 0 Å². The molecule has 15 heavy (non-hydrogen) atoms. The second kappa shape index (κ2) is 4.04. The van der Waals surface area contributed by atoms with E-state index in [2.05, 4.69) is 29.1 Å². The van der Waals surface area contributed by atoms with Crippen molar-refractivity contribution in [3.05, 3.63) is 16.1 Å². The van der Waals surface area contributed by atoms with Gasteiger partial charge < -0.3 is 0 Å². The fraction of sp³-hybridized carbons (Fsp3) is 0.727. The molecule has 1 aliphatic heterocycles. The minimum Gasteiger partial charge on any atom is -0.295 e. The van der Waals surface area contributed by atoms with E-state index in [4.69, 9.17) is 11.6 Å². The first-order valence-electron chi connectivity index (χ1n) is 5.25. The molecule has 0 bridgehead atoms. The zero-order valence-electron chi connectivity index (χ0n) is 9.46. The van der Waals surface area contributed by atoms with Crippen LogP contribution in [0.2, 0.25) is 0 Å². The van der Waals surface area contributed by atoms with Gasteiger partial charge in [-0.1, -0.05) is 13.8 Å². The van der Waals surface area contributed by atoms with Gasteiger partial charge in [0, 0.05) is 25.0 Å². The summed E-state index contributed by atoms with van der Waals surface area (Å²) in [7, 11) is 0. The Morgan fingerprint density at radius 1 is 1.67 bits per heavy atom. The van der Waals surface area contributed by atoms with E-state index in [0.29, 0.717) is 0 Å². The predicted molar refractivity (Wildman–Crippen MR) is 65.6 cm³/mol. The van der Waals surface area contributed by atoms with Crippen LogP contribution in [0, 0.1) is 12.3 Å². The van der Waals surface area contributed by atoms with Crippen molar-refractivity contribution in [3.8, 4) is 0 Å². The van der Waals surface area contributed by atoms with Crippen molar-refractivity contribution in [1.82, 2.24) is 9.88 Å². The zero-order chi connectivity index (χ0) is 11.1. The fourth-order valence-electron chi connectivity index (χ4n) is 2.04. The molecule has 1 aromatic rings. The van der Waals surface area contributed by atoms with Gasteiger partial charge in [-0.15, -0.1) is 22.9 Å². The molecule has 0 radical (unpaired) electrons. The summed E-state index contributed by atoms with van der Waals surface area (Å²) in [6.45, 7) is 9.50. The summed E-state index contributed by atoms with van der Waals surface area (Å²) in [6, 6.07) is 0. The molecule has 0 saturated carbocycles. The maximum Gasteiger partial charge on any atom is 0.0897 e. The SMILES string of the molecule is Cc1nc(CN2CC(Cl)C(C)(C)C2)cs1. The van der Waals surface area contributed by atoms with Gasteiger partial charge in [-0.25, -0.2) is 4.98 Å². The molecule has 0 N–H and O–H groups in total. The first kappa shape index (κ1) is 11.4. The molecular formula is C11H17ClN2S. The molecule has 1 aliphatic rings. The second-order valence-electron chi connectivity index (χ2n) is 4.98. The van der Waals surface area contributed by atoms with Crippen LogP contribution >= 0.6 is 22.9 Å². The minimum absolute atomic E-state index is 0.229. The van der Waals surface area contributed by atoms with Crippen molar-refractivity contribution in [1.29, 1.82) is 0 Å². The summed E-state index contributed by atoms with van der Waals surface area (Å²) in [4.78, 5) is 6.88. The zero-order valence-corrected chi connectivity index (χ0v) is 11.0. The van der Waals surface area contributed by atoms with E-state index in [9.17, 15) is 0 Å². The first-order chi connectivity index (χ1) is 6.97. The smallest absolute Gasteiger partial charge is 0.0897 e. The lowest BCUT2D eigenvalue weighted by Gasteiger charge is -2.20. The fourth-order valence-corrected chi connectivity index (χ4v) is 2.91. The van der Waals surface area contributed by atoms with Gasteiger partial charge in [-0.2, -0.15) is 0 Å². The quantitative estimate of drug-likeness (QED) is 0.744. The summed E-state index contributed by atoms with van der Waals surface area (Å²) in [5, 5.41) is 3.55. The third-order valence-electron chi connectivity index (χ3n) is 2.95. The molecule has 1 aromatic heterocycles. The minimum atomic E-state index is 0.229. The lowest BCUT2D eigenvalue weighted by atomic mass is 9.92. The van der Waals surface area contributed by atoms with Crippen LogP contribution in [0.1, 0.15) is 24.5 Å². The van der Waals surface area contributed by atoms with E-state index in [1.807, 2.05) is 6.92 Å². The first-order valence-corrected chi connectivity index (χ1v) is 6.56. The van der Waals surface area contributed by atoms with Gasteiger partial charge in [0.05, 0.1) is 16.1 Å². The maximum atomic E-state index is 6.31. The van der Waals surface area contributed by atoms with E-state index in [1.54, 1.807) is 11.3 Å². The largest absolute Gasteiger partial charge is 0.295 e. The standard InChI is InChI=1S/C11H17ClN2S/c1-8-13-9(6-15-8)4-14-5-10(12)11(2,3)7-14/h6,10H,4-5,7H2,1-3H3. The molecule has 2 rings (SSSR count). The van der Waals surface area contributed by atoms with Gasteiger partial charge in [0.1, 0.15) is 0 Å². The number of aromatic nitrogens is 1. The summed E-state index contributed by atoms with van der Waals surface area (Å²) in [5.74, 6) is 0. The molecule has 1 saturated heterocycles. The van der Waals surface area contributed by atoms with Gasteiger partial charge >= 0.3 is 0 Å². The summed E-state index contributed by atoms with van der Waals surface area (Å²) < 4.78 is 0. The Morgan fingerprint density at radius 2 is 2.40 bits per heavy atom. The van der Waals surface area contributed by atoms with Crippen LogP contribution < -0.4 is 0 Å². The number of hydrogen-bond donors (Lipinski definition) is 0. The summed E-state index contributed by atoms with van der Waals surface area (Å²) in [6.07, 6.45) is 0. The lowest BCUT2D eigenvalue weighted by Crippen LogP contribution is -2.23. The third-order valence-corrected chi connectivity index (χ3v) is 4.50. The molecule has 1 fully saturated rings. The van der Waals surface area contributed by atoms with E-state index in [-0.39, 0.29) is 10.8 Å². The number of aryl methyl sites for hydroxylation is 1. The Bertz CT molecular complexity index is 348. The monoisotopic (exact) mass is 244 g/mol. The van der Waals surface area contributed by atoms with Crippen LogP contribution in [0.4, 0.5) is 0 Å². The highest BCUT2D eigenvalue weighted by atomic mass is 35.5. The normalized spacial score (nSPS) is 26.0. The maximum absolute atomic E-state index is 6.31. The van der Waals surface area contributed by atoms with Crippen molar-refractivity contribution in [3.63, 3.8) is 0 Å². The molecule has 2 nitrogen and oxygen atoms in total. The Morgan fingerprint density at radius 3 is 2.87 bits per heavy atom. The molecule has 84 valence electrons. The Balaban J connectivity index is 1.98. The van der Waals surface area contributed by atoms with Gasteiger partial charge in [-0.3, -0.25) is 4.90 Å². The Labute approximate surface area is 100 Å². The third kappa shape index (κ3) is 2.52. The van der Waals surface area contributed by atoms with E-state index < -0.39 is 0 Å². The molecule has 1 unspecified atom stereocenters. The van der Waals surface area contributed by atoms with Crippen LogP contribution in [0.15, 0.2) is 5.38 Å². The predicted octanol–water partition coefficient (Wildman–Crippen LogP) is 2.90. The molecule has 0 aromatic carbocycles. The van der Waals surface area contributed by atoms with Crippen molar-refractivity contribution in [2.24, 2.45) is 5.41 Å². The highest BCUT2D eigenvalue weighted by molar-refractivity contribution is 7.09. The van der Waals surface area contributed by atoms with Gasteiger partial charge in [0.2, 0.25) is 0 Å². The Kier molecular flexibility index (Phi) is 3.06. The van der Waals surface area contributed by atoms with Crippen LogP contribution in [0.25, 0.3) is 0 Å². The van der Waals surface area contributed by atoms with E-state index in [1.165, 1.54) is 5.69 Å². The highest BCUT2D eigenvalue weighted by Crippen LogP contribution is 2.34. The van der Waals surface area contributed by atoms with Crippen molar-refractivity contribution < 1.29 is 0 Å². The van der Waals surface area contributed by atoms with Crippen LogP contribution in [-0.2, 0) is 6.54 Å². The summed E-state index contributed by atoms with van der Waals surface area (Å²) >= 11 is 8.03. The average molecular weight is 245 g/mol. The second-order valence-corrected chi connectivity index (χ2v) is 6.57. The summed E-state index contributed by atoms with van der Waals surface area (Å²) in [5.41, 5.74) is 1.41. The number of hydrogen-bond acceptors (Lipinski definition) is 3. The molecule has 4 heteroatoms. The lowest BCUT2D eigenvalue weighted by molar-refractivity contribution is 0.282. The topological polar surface area (TPSA) is 16.1 Å². The van der Waals surface area contributed by atoms with Crippen LogP contribution in [0.5, 0.6) is 0 Å². The van der Waals surface area contributed by atoms with Crippen molar-refractivity contribution >= 4 is 22.9 Å². The molecule has 0 aliphatic carbocycles. The molecule has 2 heterocycles. The van der Waals surface area contributed by atoms with Crippen molar-refractivity contribution in [2.45, 2.75) is 32.7 Å². The van der Waals surface area contributed by atoms with E-state index >= 15 is 0 Å². The van der Waals surface area contributed by atoms with Gasteiger partial charge in [0.15, 0.2) is 0 Å². The van der Waals surface area contributed by atoms with Crippen LogP contribution in [-0.4, -0.2) is 28.4 Å². The number of nitrogens with zero attached hydrogens (tertiary/aromatic N) is 2. The number of halogens is 1. The van der Waals surface area contributed by atoms with Crippen LogP contribution in [0.3, 0.4) is 0 Å². The molecular weight excluding hydrogens is 228 g/mol. The van der Waals surface area contributed by atoms with Crippen molar-refractivity contribution in [2.75, 3.05) is 13.1 Å². The number of rotatable bonds is 2. The molecule has 0 spiro atoms. The van der Waals surface area contributed by atoms with Gasteiger partial charge in [-0.05, 0) is 12.3 Å².